The third-order valence-corrected chi connectivity index (χ3v) is 2.44. The van der Waals surface area contributed by atoms with E-state index in [-0.39, 0.29) is 11.1 Å². The quantitative estimate of drug-likeness (QED) is 0.505. The molecule has 1 aromatic carbocycles. The number of benzene rings is 1. The van der Waals surface area contributed by atoms with E-state index in [0.29, 0.717) is 6.54 Å². The van der Waals surface area contributed by atoms with Crippen molar-refractivity contribution in [2.24, 2.45) is 0 Å². The molecule has 0 aliphatic rings. The van der Waals surface area contributed by atoms with Crippen LogP contribution in [-0.4, -0.2) is 12.5 Å². The summed E-state index contributed by atoms with van der Waals surface area (Å²) >= 11 is 0. The highest BCUT2D eigenvalue weighted by atomic mass is 19.1. The topological polar surface area (TPSA) is 52.9 Å². The zero-order chi connectivity index (χ0) is 14.3. The molecule has 1 rings (SSSR count). The van der Waals surface area contributed by atoms with Gasteiger partial charge in [-0.3, -0.25) is 4.79 Å². The van der Waals surface area contributed by atoms with Gasteiger partial charge in [0.05, 0.1) is 0 Å². The smallest absolute Gasteiger partial charge is 0.261 e. The number of carbonyl (C=O) groups excluding carboxylic acids is 1. The summed E-state index contributed by atoms with van der Waals surface area (Å²) in [7, 11) is 0. The number of unbranched alkanes of at least 4 members (excludes halogenated alkanes) is 1. The molecule has 1 aromatic rings. The summed E-state index contributed by atoms with van der Waals surface area (Å²) in [5.74, 6) is -1.90. The van der Waals surface area contributed by atoms with Crippen molar-refractivity contribution in [3.8, 4) is 6.07 Å². The summed E-state index contributed by atoms with van der Waals surface area (Å²) in [5.41, 5.74) is -0.372. The minimum Gasteiger partial charge on any atom is -0.351 e. The number of hydrogen-bond donors (Lipinski definition) is 1. The molecule has 0 heterocycles. The Labute approximate surface area is 110 Å². The Morgan fingerprint density at radius 1 is 1.47 bits per heavy atom. The van der Waals surface area contributed by atoms with Gasteiger partial charge in [0.2, 0.25) is 0 Å². The molecule has 0 spiro atoms. The molecule has 19 heavy (non-hydrogen) atoms. The van der Waals surface area contributed by atoms with Crippen molar-refractivity contribution in [1.82, 2.24) is 5.32 Å². The van der Waals surface area contributed by atoms with Crippen molar-refractivity contribution in [2.75, 3.05) is 6.54 Å². The summed E-state index contributed by atoms with van der Waals surface area (Å²) in [6, 6.07) is 4.54. The lowest BCUT2D eigenvalue weighted by Crippen LogP contribution is -2.25. The third-order valence-electron chi connectivity index (χ3n) is 2.44. The molecule has 0 aliphatic heterocycles. The number of carbonyl (C=O) groups is 1. The van der Waals surface area contributed by atoms with Crippen LogP contribution in [0.15, 0.2) is 23.8 Å². The van der Waals surface area contributed by atoms with Crippen molar-refractivity contribution in [1.29, 1.82) is 5.26 Å². The zero-order valence-corrected chi connectivity index (χ0v) is 10.5. The van der Waals surface area contributed by atoms with Crippen LogP contribution in [-0.2, 0) is 4.79 Å². The van der Waals surface area contributed by atoms with E-state index in [1.807, 2.05) is 6.92 Å². The first-order valence-electron chi connectivity index (χ1n) is 5.93. The SMILES string of the molecule is CCCCNC(=O)/C(C#N)=C/c1cc(F)ccc1F. The van der Waals surface area contributed by atoms with E-state index >= 15 is 0 Å². The largest absolute Gasteiger partial charge is 0.351 e. The predicted octanol–water partition coefficient (Wildman–Crippen LogP) is 2.79. The van der Waals surface area contributed by atoms with Crippen molar-refractivity contribution in [3.63, 3.8) is 0 Å². The van der Waals surface area contributed by atoms with Crippen LogP contribution >= 0.6 is 0 Å². The molecule has 3 nitrogen and oxygen atoms in total. The summed E-state index contributed by atoms with van der Waals surface area (Å²) in [5, 5.41) is 11.4. The normalized spacial score (nSPS) is 10.9. The second-order valence-electron chi connectivity index (χ2n) is 3.95. The third kappa shape index (κ3) is 4.51. The lowest BCUT2D eigenvalue weighted by molar-refractivity contribution is -0.117. The average molecular weight is 264 g/mol. The van der Waals surface area contributed by atoms with E-state index < -0.39 is 17.5 Å². The first kappa shape index (κ1) is 14.8. The van der Waals surface area contributed by atoms with E-state index in [0.717, 1.165) is 37.1 Å². The minimum absolute atomic E-state index is 0.123. The predicted molar refractivity (Wildman–Crippen MR) is 67.9 cm³/mol. The molecular weight excluding hydrogens is 250 g/mol. The highest BCUT2D eigenvalue weighted by Crippen LogP contribution is 2.13. The summed E-state index contributed by atoms with van der Waals surface area (Å²) in [6.45, 7) is 2.41. The number of rotatable bonds is 5. The number of amides is 1. The molecule has 5 heteroatoms. The van der Waals surface area contributed by atoms with Crippen LogP contribution in [0.1, 0.15) is 25.3 Å². The van der Waals surface area contributed by atoms with Gasteiger partial charge >= 0.3 is 0 Å². The van der Waals surface area contributed by atoms with E-state index in [1.165, 1.54) is 0 Å². The van der Waals surface area contributed by atoms with E-state index in [1.54, 1.807) is 6.07 Å². The molecule has 0 saturated heterocycles. The second kappa shape index (κ2) is 7.27. The Balaban J connectivity index is 2.90. The molecule has 0 aromatic heterocycles. The van der Waals surface area contributed by atoms with Crippen molar-refractivity contribution < 1.29 is 13.6 Å². The van der Waals surface area contributed by atoms with Gasteiger partial charge in [-0.2, -0.15) is 5.26 Å². The first-order valence-corrected chi connectivity index (χ1v) is 5.93. The van der Waals surface area contributed by atoms with E-state index in [2.05, 4.69) is 5.32 Å². The summed E-state index contributed by atoms with van der Waals surface area (Å²) < 4.78 is 26.4. The van der Waals surface area contributed by atoms with Crippen LogP contribution in [0.3, 0.4) is 0 Å². The number of hydrogen-bond acceptors (Lipinski definition) is 2. The van der Waals surface area contributed by atoms with Gasteiger partial charge in [0, 0.05) is 12.1 Å². The van der Waals surface area contributed by atoms with Crippen LogP contribution in [0.4, 0.5) is 8.78 Å². The Hall–Kier alpha value is -2.22. The molecule has 0 unspecified atom stereocenters. The van der Waals surface area contributed by atoms with Crippen LogP contribution in [0.5, 0.6) is 0 Å². The van der Waals surface area contributed by atoms with Gasteiger partial charge in [-0.25, -0.2) is 8.78 Å². The fourth-order valence-electron chi connectivity index (χ4n) is 1.40. The van der Waals surface area contributed by atoms with Gasteiger partial charge in [-0.05, 0) is 30.7 Å². The Morgan fingerprint density at radius 2 is 2.21 bits per heavy atom. The number of nitriles is 1. The molecule has 0 saturated carbocycles. The maximum absolute atomic E-state index is 13.4. The van der Waals surface area contributed by atoms with Crippen LogP contribution < -0.4 is 5.32 Å². The van der Waals surface area contributed by atoms with Crippen molar-refractivity contribution >= 4 is 12.0 Å². The molecule has 0 atom stereocenters. The van der Waals surface area contributed by atoms with Gasteiger partial charge in [0.15, 0.2) is 0 Å². The Bertz CT molecular complexity index is 533. The van der Waals surface area contributed by atoms with Gasteiger partial charge in [0.25, 0.3) is 5.91 Å². The van der Waals surface area contributed by atoms with Crippen molar-refractivity contribution in [2.45, 2.75) is 19.8 Å². The maximum atomic E-state index is 13.4. The Morgan fingerprint density at radius 3 is 2.84 bits per heavy atom. The molecule has 0 aliphatic carbocycles. The lowest BCUT2D eigenvalue weighted by atomic mass is 10.1. The monoisotopic (exact) mass is 264 g/mol. The summed E-state index contributed by atoms with van der Waals surface area (Å²) in [6.07, 6.45) is 2.74. The number of nitrogens with zero attached hydrogens (tertiary/aromatic N) is 1. The lowest BCUT2D eigenvalue weighted by Gasteiger charge is -2.03. The summed E-state index contributed by atoms with van der Waals surface area (Å²) in [4.78, 5) is 11.6. The number of nitrogens with one attached hydrogen (secondary N) is 1. The molecule has 0 fully saturated rings. The zero-order valence-electron chi connectivity index (χ0n) is 10.5. The van der Waals surface area contributed by atoms with Crippen LogP contribution in [0, 0.1) is 23.0 Å². The fourth-order valence-corrected chi connectivity index (χ4v) is 1.40. The first-order chi connectivity index (χ1) is 9.08. The van der Waals surface area contributed by atoms with Crippen LogP contribution in [0.25, 0.3) is 6.08 Å². The van der Waals surface area contributed by atoms with E-state index in [4.69, 9.17) is 5.26 Å². The molecule has 1 N–H and O–H groups in total. The molecule has 0 radical (unpaired) electrons. The molecule has 1 amide bonds. The van der Waals surface area contributed by atoms with Gasteiger partial charge < -0.3 is 5.32 Å². The van der Waals surface area contributed by atoms with Gasteiger partial charge in [-0.1, -0.05) is 13.3 Å². The van der Waals surface area contributed by atoms with Crippen LogP contribution in [0.2, 0.25) is 0 Å². The maximum Gasteiger partial charge on any atom is 0.261 e. The fraction of sp³-hybridized carbons (Fsp3) is 0.286. The average Bonchev–Trinajstić information content (AvgIpc) is 2.39. The minimum atomic E-state index is -0.685. The second-order valence-corrected chi connectivity index (χ2v) is 3.95. The van der Waals surface area contributed by atoms with E-state index in [9.17, 15) is 13.6 Å². The molecule has 0 bridgehead atoms. The van der Waals surface area contributed by atoms with Crippen molar-refractivity contribution in [3.05, 3.63) is 41.0 Å². The molecule has 100 valence electrons. The Kier molecular flexibility index (Phi) is 5.68. The van der Waals surface area contributed by atoms with Gasteiger partial charge in [-0.15, -0.1) is 0 Å². The van der Waals surface area contributed by atoms with Gasteiger partial charge in [0.1, 0.15) is 23.3 Å². The highest BCUT2D eigenvalue weighted by molar-refractivity contribution is 6.01. The molecular formula is C14H14F2N2O. The highest BCUT2D eigenvalue weighted by Gasteiger charge is 2.10. The standard InChI is InChI=1S/C14H14F2N2O/c1-2-3-6-18-14(19)11(9-17)7-10-8-12(15)4-5-13(10)16/h4-5,7-8H,2-3,6H2,1H3,(H,18,19)/b11-7+. The number of halogens is 2.